The first-order valence-corrected chi connectivity index (χ1v) is 8.09. The molecule has 2 fully saturated rings. The molecule has 0 radical (unpaired) electrons. The lowest BCUT2D eigenvalue weighted by Gasteiger charge is -2.40. The van der Waals surface area contributed by atoms with Gasteiger partial charge in [-0.25, -0.2) is 0 Å². The van der Waals surface area contributed by atoms with E-state index in [9.17, 15) is 0 Å². The Balaban J connectivity index is 1.55. The fourth-order valence-corrected chi connectivity index (χ4v) is 3.50. The van der Waals surface area contributed by atoms with E-state index in [2.05, 4.69) is 15.9 Å². The van der Waals surface area contributed by atoms with Crippen molar-refractivity contribution < 1.29 is 4.74 Å². The van der Waals surface area contributed by atoms with Crippen molar-refractivity contribution in [2.75, 3.05) is 57.4 Å². The van der Waals surface area contributed by atoms with Crippen LogP contribution in [-0.4, -0.2) is 57.4 Å². The monoisotopic (exact) mass is 309 g/mol. The minimum atomic E-state index is 0.179. The van der Waals surface area contributed by atoms with Crippen molar-refractivity contribution in [3.63, 3.8) is 0 Å². The second-order valence-electron chi connectivity index (χ2n) is 6.25. The van der Waals surface area contributed by atoms with E-state index in [4.69, 9.17) is 22.1 Å². The Labute approximate surface area is 131 Å². The van der Waals surface area contributed by atoms with Gasteiger partial charge >= 0.3 is 0 Å². The van der Waals surface area contributed by atoms with E-state index in [1.54, 1.807) is 0 Å². The lowest BCUT2D eigenvalue weighted by molar-refractivity contribution is 0.111. The van der Waals surface area contributed by atoms with Gasteiger partial charge in [0.15, 0.2) is 0 Å². The first-order chi connectivity index (χ1) is 10.2. The highest BCUT2D eigenvalue weighted by Gasteiger charge is 2.36. The Morgan fingerprint density at radius 3 is 2.67 bits per heavy atom. The van der Waals surface area contributed by atoms with Gasteiger partial charge in [0.1, 0.15) is 0 Å². The SMILES string of the molecule is NCC1(CN2CCN(c3cccc(Cl)c3)CC2)CCOC1. The number of nitrogens with two attached hydrogens (primary N) is 1. The number of nitrogens with zero attached hydrogens (tertiary/aromatic N) is 2. The summed E-state index contributed by atoms with van der Waals surface area (Å²) in [7, 11) is 0. The molecule has 0 bridgehead atoms. The maximum absolute atomic E-state index is 6.08. The molecule has 2 aliphatic heterocycles. The molecule has 1 aromatic rings. The van der Waals surface area contributed by atoms with Gasteiger partial charge in [-0.3, -0.25) is 4.90 Å². The first-order valence-electron chi connectivity index (χ1n) is 7.71. The van der Waals surface area contributed by atoms with E-state index < -0.39 is 0 Å². The van der Waals surface area contributed by atoms with Crippen LogP contribution in [0.4, 0.5) is 5.69 Å². The summed E-state index contributed by atoms with van der Waals surface area (Å²) in [4.78, 5) is 4.94. The number of hydrogen-bond donors (Lipinski definition) is 1. The number of ether oxygens (including phenoxy) is 1. The zero-order valence-corrected chi connectivity index (χ0v) is 13.2. The summed E-state index contributed by atoms with van der Waals surface area (Å²) in [5.74, 6) is 0. The van der Waals surface area contributed by atoms with Gasteiger partial charge in [-0.05, 0) is 24.6 Å². The zero-order chi connectivity index (χ0) is 14.7. The molecular formula is C16H24ClN3O. The van der Waals surface area contributed by atoms with Crippen LogP contribution in [0.15, 0.2) is 24.3 Å². The van der Waals surface area contributed by atoms with Gasteiger partial charge in [-0.2, -0.15) is 0 Å². The molecule has 2 aliphatic rings. The van der Waals surface area contributed by atoms with Crippen molar-refractivity contribution in [2.24, 2.45) is 11.1 Å². The first kappa shape index (κ1) is 15.1. The molecule has 1 atom stereocenters. The van der Waals surface area contributed by atoms with Crippen molar-refractivity contribution in [3.05, 3.63) is 29.3 Å². The minimum absolute atomic E-state index is 0.179. The average molecular weight is 310 g/mol. The highest BCUT2D eigenvalue weighted by Crippen LogP contribution is 2.29. The summed E-state index contributed by atoms with van der Waals surface area (Å²) in [6.45, 7) is 7.71. The second-order valence-corrected chi connectivity index (χ2v) is 6.69. The average Bonchev–Trinajstić information content (AvgIpc) is 2.97. The maximum Gasteiger partial charge on any atom is 0.0547 e. The second kappa shape index (κ2) is 6.53. The van der Waals surface area contributed by atoms with Crippen molar-refractivity contribution in [1.29, 1.82) is 0 Å². The van der Waals surface area contributed by atoms with E-state index in [1.807, 2.05) is 18.2 Å². The number of piperazine rings is 1. The molecular weight excluding hydrogens is 286 g/mol. The molecule has 0 aliphatic carbocycles. The summed E-state index contributed by atoms with van der Waals surface area (Å²) < 4.78 is 5.56. The van der Waals surface area contributed by atoms with Crippen molar-refractivity contribution >= 4 is 17.3 Å². The molecule has 116 valence electrons. The molecule has 0 aromatic heterocycles. The van der Waals surface area contributed by atoms with Gasteiger partial charge < -0.3 is 15.4 Å². The van der Waals surface area contributed by atoms with Crippen LogP contribution in [0.1, 0.15) is 6.42 Å². The van der Waals surface area contributed by atoms with Crippen LogP contribution in [0.25, 0.3) is 0 Å². The summed E-state index contributed by atoms with van der Waals surface area (Å²) >= 11 is 6.08. The number of halogens is 1. The Hall–Kier alpha value is -0.810. The van der Waals surface area contributed by atoms with Gasteiger partial charge in [0.2, 0.25) is 0 Å². The zero-order valence-electron chi connectivity index (χ0n) is 12.4. The van der Waals surface area contributed by atoms with E-state index in [0.29, 0.717) is 0 Å². The molecule has 1 aromatic carbocycles. The third kappa shape index (κ3) is 3.51. The Morgan fingerprint density at radius 1 is 1.24 bits per heavy atom. The smallest absolute Gasteiger partial charge is 0.0547 e. The van der Waals surface area contributed by atoms with Crippen LogP contribution in [0.3, 0.4) is 0 Å². The minimum Gasteiger partial charge on any atom is -0.381 e. The molecule has 2 saturated heterocycles. The Morgan fingerprint density at radius 2 is 2.05 bits per heavy atom. The van der Waals surface area contributed by atoms with E-state index in [1.165, 1.54) is 5.69 Å². The molecule has 2 N–H and O–H groups in total. The summed E-state index contributed by atoms with van der Waals surface area (Å²) in [5, 5.41) is 0.806. The molecule has 0 amide bonds. The highest BCUT2D eigenvalue weighted by molar-refractivity contribution is 6.30. The van der Waals surface area contributed by atoms with Crippen LogP contribution >= 0.6 is 11.6 Å². The summed E-state index contributed by atoms with van der Waals surface area (Å²) in [6, 6.07) is 8.12. The summed E-state index contributed by atoms with van der Waals surface area (Å²) in [6.07, 6.45) is 1.10. The summed E-state index contributed by atoms with van der Waals surface area (Å²) in [5.41, 5.74) is 7.39. The molecule has 21 heavy (non-hydrogen) atoms. The predicted octanol–water partition coefficient (Wildman–Crippen LogP) is 1.83. The molecule has 5 heteroatoms. The van der Waals surface area contributed by atoms with Gasteiger partial charge in [0, 0.05) is 62.0 Å². The van der Waals surface area contributed by atoms with Crippen LogP contribution < -0.4 is 10.6 Å². The number of hydrogen-bond acceptors (Lipinski definition) is 4. The van der Waals surface area contributed by atoms with Crippen LogP contribution in [-0.2, 0) is 4.74 Å². The van der Waals surface area contributed by atoms with Gasteiger partial charge in [-0.1, -0.05) is 17.7 Å². The van der Waals surface area contributed by atoms with Crippen LogP contribution in [0, 0.1) is 5.41 Å². The molecule has 2 heterocycles. The van der Waals surface area contributed by atoms with Gasteiger partial charge in [-0.15, -0.1) is 0 Å². The van der Waals surface area contributed by atoms with Crippen LogP contribution in [0.5, 0.6) is 0 Å². The molecule has 3 rings (SSSR count). The third-order valence-corrected chi connectivity index (χ3v) is 4.96. The van der Waals surface area contributed by atoms with Crippen molar-refractivity contribution in [1.82, 2.24) is 4.90 Å². The lowest BCUT2D eigenvalue weighted by atomic mass is 9.86. The molecule has 4 nitrogen and oxygen atoms in total. The quantitative estimate of drug-likeness (QED) is 0.921. The van der Waals surface area contributed by atoms with Gasteiger partial charge in [0.25, 0.3) is 0 Å². The Bertz CT molecular complexity index is 468. The third-order valence-electron chi connectivity index (χ3n) is 4.72. The molecule has 0 saturated carbocycles. The van der Waals surface area contributed by atoms with E-state index >= 15 is 0 Å². The number of benzene rings is 1. The standard InChI is InChI=1S/C16H24ClN3O/c17-14-2-1-3-15(10-14)20-7-5-19(6-8-20)12-16(11-18)4-9-21-13-16/h1-3,10H,4-9,11-13,18H2. The van der Waals surface area contributed by atoms with E-state index in [0.717, 1.165) is 63.9 Å². The predicted molar refractivity (Wildman–Crippen MR) is 87.0 cm³/mol. The van der Waals surface area contributed by atoms with Crippen LogP contribution in [0.2, 0.25) is 5.02 Å². The van der Waals surface area contributed by atoms with Gasteiger partial charge in [0.05, 0.1) is 6.61 Å². The fraction of sp³-hybridized carbons (Fsp3) is 0.625. The molecule has 0 spiro atoms. The van der Waals surface area contributed by atoms with E-state index in [-0.39, 0.29) is 5.41 Å². The van der Waals surface area contributed by atoms with Crippen molar-refractivity contribution in [2.45, 2.75) is 6.42 Å². The highest BCUT2D eigenvalue weighted by atomic mass is 35.5. The normalized spacial score (nSPS) is 27.2. The van der Waals surface area contributed by atoms with Crippen molar-refractivity contribution in [3.8, 4) is 0 Å². The largest absolute Gasteiger partial charge is 0.381 e. The number of anilines is 1. The lowest BCUT2D eigenvalue weighted by Crippen LogP contribution is -2.51. The number of rotatable bonds is 4. The maximum atomic E-state index is 6.08. The Kier molecular flexibility index (Phi) is 4.69. The molecule has 1 unspecified atom stereocenters. The topological polar surface area (TPSA) is 41.7 Å². The fourth-order valence-electron chi connectivity index (χ4n) is 3.31.